The van der Waals surface area contributed by atoms with E-state index in [1.165, 1.54) is 16.8 Å². The van der Waals surface area contributed by atoms with Crippen molar-refractivity contribution in [2.45, 2.75) is 19.4 Å². The average Bonchev–Trinajstić information content (AvgIpc) is 2.78. The summed E-state index contributed by atoms with van der Waals surface area (Å²) >= 11 is 1.22. The molecule has 18 heavy (non-hydrogen) atoms. The fourth-order valence-corrected chi connectivity index (χ4v) is 2.37. The Bertz CT molecular complexity index is 497. The van der Waals surface area contributed by atoms with Crippen molar-refractivity contribution >= 4 is 23.7 Å². The molecule has 1 atom stereocenters. The molecule has 0 spiro atoms. The molecule has 0 radical (unpaired) electrons. The van der Waals surface area contributed by atoms with Gasteiger partial charge in [-0.05, 0) is 18.1 Å². The molecule has 0 saturated carbocycles. The van der Waals surface area contributed by atoms with E-state index in [1.54, 1.807) is 12.1 Å². The van der Waals surface area contributed by atoms with Gasteiger partial charge in [0.25, 0.3) is 6.43 Å². The fourth-order valence-electron chi connectivity index (χ4n) is 1.56. The van der Waals surface area contributed by atoms with E-state index in [0.29, 0.717) is 4.88 Å². The lowest BCUT2D eigenvalue weighted by Gasteiger charge is -2.07. The first-order valence-electron chi connectivity index (χ1n) is 5.17. The zero-order chi connectivity index (χ0) is 12.4. The summed E-state index contributed by atoms with van der Waals surface area (Å²) in [7, 11) is 0. The van der Waals surface area contributed by atoms with Crippen molar-refractivity contribution in [1.29, 1.82) is 0 Å². The van der Waals surface area contributed by atoms with Crippen LogP contribution in [0.25, 0.3) is 10.4 Å². The summed E-state index contributed by atoms with van der Waals surface area (Å²) < 4.78 is 25.4. The van der Waals surface area contributed by atoms with Crippen molar-refractivity contribution < 1.29 is 8.78 Å². The van der Waals surface area contributed by atoms with Gasteiger partial charge in [-0.2, -0.15) is 0 Å². The second kappa shape index (κ2) is 6.22. The Labute approximate surface area is 114 Å². The van der Waals surface area contributed by atoms with Crippen molar-refractivity contribution in [2.24, 2.45) is 5.73 Å². The number of nitrogens with two attached hydrogens (primary N) is 1. The maximum absolute atomic E-state index is 12.7. The van der Waals surface area contributed by atoms with Crippen molar-refractivity contribution in [3.8, 4) is 10.4 Å². The Morgan fingerprint density at radius 2 is 1.83 bits per heavy atom. The lowest BCUT2D eigenvalue weighted by atomic mass is 10.1. The molecule has 1 heterocycles. The minimum absolute atomic E-state index is 0. The van der Waals surface area contributed by atoms with Crippen LogP contribution >= 0.6 is 23.7 Å². The molecule has 0 aliphatic rings. The van der Waals surface area contributed by atoms with E-state index in [4.69, 9.17) is 5.73 Å². The number of halogens is 3. The molecule has 6 heteroatoms. The Kier molecular flexibility index (Phi) is 5.19. The molecule has 0 aliphatic heterocycles. The normalized spacial score (nSPS) is 12.3. The second-order valence-corrected chi connectivity index (χ2v) is 4.63. The van der Waals surface area contributed by atoms with Crippen LogP contribution in [0.3, 0.4) is 0 Å². The third-order valence-corrected chi connectivity index (χ3v) is 3.39. The highest BCUT2D eigenvalue weighted by Crippen LogP contribution is 2.33. The number of hydrogen-bond donors (Lipinski definition) is 1. The maximum Gasteiger partial charge on any atom is 0.281 e. The predicted molar refractivity (Wildman–Crippen MR) is 72.4 cm³/mol. The molecule has 2 aromatic rings. The molecular weight excluding hydrogens is 278 g/mol. The monoisotopic (exact) mass is 290 g/mol. The van der Waals surface area contributed by atoms with Crippen molar-refractivity contribution in [3.63, 3.8) is 0 Å². The van der Waals surface area contributed by atoms with Crippen LogP contribution in [0.5, 0.6) is 0 Å². The first-order chi connectivity index (χ1) is 8.09. The molecule has 0 fully saturated rings. The van der Waals surface area contributed by atoms with Gasteiger partial charge < -0.3 is 5.73 Å². The van der Waals surface area contributed by atoms with Gasteiger partial charge in [0.2, 0.25) is 0 Å². The van der Waals surface area contributed by atoms with Crippen LogP contribution in [0.1, 0.15) is 30.6 Å². The summed E-state index contributed by atoms with van der Waals surface area (Å²) in [6, 6.07) is 7.26. The molecule has 2 N–H and O–H groups in total. The van der Waals surface area contributed by atoms with Gasteiger partial charge in [-0.15, -0.1) is 23.7 Å². The van der Waals surface area contributed by atoms with Crippen LogP contribution in [0.4, 0.5) is 8.78 Å². The number of hydrogen-bond acceptors (Lipinski definition) is 3. The van der Waals surface area contributed by atoms with E-state index in [-0.39, 0.29) is 24.1 Å². The summed E-state index contributed by atoms with van der Waals surface area (Å²) in [6.07, 6.45) is -2.54. The molecule has 1 aromatic carbocycles. The number of aromatic nitrogens is 1. The highest BCUT2D eigenvalue weighted by Gasteiger charge is 2.17. The van der Waals surface area contributed by atoms with Crippen LogP contribution < -0.4 is 5.73 Å². The molecule has 0 bridgehead atoms. The molecule has 0 saturated heterocycles. The van der Waals surface area contributed by atoms with Gasteiger partial charge in [-0.25, -0.2) is 13.8 Å². The van der Waals surface area contributed by atoms with Crippen LogP contribution in [-0.2, 0) is 0 Å². The van der Waals surface area contributed by atoms with Crippen molar-refractivity contribution in [1.82, 2.24) is 4.98 Å². The molecule has 2 nitrogen and oxygen atoms in total. The summed E-state index contributed by atoms with van der Waals surface area (Å²) in [5.41, 5.74) is 8.76. The third kappa shape index (κ3) is 3.04. The number of nitrogens with zero attached hydrogens (tertiary/aromatic N) is 1. The average molecular weight is 291 g/mol. The first kappa shape index (κ1) is 15.0. The predicted octanol–water partition coefficient (Wildman–Crippen LogP) is 4.19. The Morgan fingerprint density at radius 1 is 1.22 bits per heavy atom. The molecule has 0 aliphatic carbocycles. The Balaban J connectivity index is 0.00000162. The summed E-state index contributed by atoms with van der Waals surface area (Å²) in [5.74, 6) is 0. The zero-order valence-electron chi connectivity index (χ0n) is 9.64. The van der Waals surface area contributed by atoms with Crippen molar-refractivity contribution in [3.05, 3.63) is 41.0 Å². The van der Waals surface area contributed by atoms with Gasteiger partial charge in [-0.3, -0.25) is 0 Å². The smallest absolute Gasteiger partial charge is 0.281 e. The van der Waals surface area contributed by atoms with E-state index in [9.17, 15) is 8.78 Å². The molecule has 1 aromatic heterocycles. The topological polar surface area (TPSA) is 38.9 Å². The van der Waals surface area contributed by atoms with Gasteiger partial charge in [0.1, 0.15) is 5.69 Å². The van der Waals surface area contributed by atoms with E-state index < -0.39 is 6.43 Å². The van der Waals surface area contributed by atoms with Crippen LogP contribution in [-0.4, -0.2) is 4.98 Å². The van der Waals surface area contributed by atoms with Crippen LogP contribution in [0.2, 0.25) is 0 Å². The standard InChI is InChI=1S/C12H12F2N2S.ClH/c1-7(15)8-2-4-9(5-3-8)11-10(12(13)14)16-6-17-11;/h2-7,12H,15H2,1H3;1H/t7-;/m0./s1. The van der Waals surface area contributed by atoms with Gasteiger partial charge >= 0.3 is 0 Å². The molecule has 2 rings (SSSR count). The van der Waals surface area contributed by atoms with Crippen LogP contribution in [0.15, 0.2) is 29.8 Å². The van der Waals surface area contributed by atoms with Gasteiger partial charge in [-0.1, -0.05) is 24.3 Å². The number of rotatable bonds is 3. The van der Waals surface area contributed by atoms with Crippen LogP contribution in [0, 0.1) is 0 Å². The van der Waals surface area contributed by atoms with Gasteiger partial charge in [0.05, 0.1) is 10.4 Å². The molecule has 0 unspecified atom stereocenters. The highest BCUT2D eigenvalue weighted by molar-refractivity contribution is 7.13. The van der Waals surface area contributed by atoms with Crippen molar-refractivity contribution in [2.75, 3.05) is 0 Å². The minimum Gasteiger partial charge on any atom is -0.324 e. The largest absolute Gasteiger partial charge is 0.324 e. The number of alkyl halides is 2. The molecular formula is C12H13ClF2N2S. The first-order valence-corrected chi connectivity index (χ1v) is 6.05. The van der Waals surface area contributed by atoms with Gasteiger partial charge in [0.15, 0.2) is 0 Å². The maximum atomic E-state index is 12.7. The van der Waals surface area contributed by atoms with Gasteiger partial charge in [0, 0.05) is 6.04 Å². The molecule has 0 amide bonds. The Hall–Kier alpha value is -1.04. The van der Waals surface area contributed by atoms with E-state index in [0.717, 1.165) is 11.1 Å². The number of benzene rings is 1. The number of thiazole rings is 1. The van der Waals surface area contributed by atoms with E-state index in [1.807, 2.05) is 19.1 Å². The highest BCUT2D eigenvalue weighted by atomic mass is 35.5. The Morgan fingerprint density at radius 3 is 2.33 bits per heavy atom. The SMILES string of the molecule is C[C@H](N)c1ccc(-c2scnc2C(F)F)cc1.Cl. The summed E-state index contributed by atoms with van der Waals surface area (Å²) in [6.45, 7) is 1.88. The molecule has 98 valence electrons. The van der Waals surface area contributed by atoms with E-state index in [2.05, 4.69) is 4.98 Å². The summed E-state index contributed by atoms with van der Waals surface area (Å²) in [4.78, 5) is 4.22. The summed E-state index contributed by atoms with van der Waals surface area (Å²) in [5, 5.41) is 0. The second-order valence-electron chi connectivity index (χ2n) is 3.78. The third-order valence-electron chi connectivity index (χ3n) is 2.50. The lowest BCUT2D eigenvalue weighted by molar-refractivity contribution is 0.147. The quantitative estimate of drug-likeness (QED) is 0.920. The minimum atomic E-state index is -2.54. The lowest BCUT2D eigenvalue weighted by Crippen LogP contribution is -2.04. The fraction of sp³-hybridized carbons (Fsp3) is 0.250. The zero-order valence-corrected chi connectivity index (χ0v) is 11.3. The van der Waals surface area contributed by atoms with E-state index >= 15 is 0 Å².